The Morgan fingerprint density at radius 3 is 2.79 bits per heavy atom. The Morgan fingerprint density at radius 2 is 2.14 bits per heavy atom. The van der Waals surface area contributed by atoms with Crippen LogP contribution in [-0.4, -0.2) is 31.1 Å². The van der Waals surface area contributed by atoms with Crippen molar-refractivity contribution >= 4 is 0 Å². The van der Waals surface area contributed by atoms with E-state index < -0.39 is 0 Å². The number of likely N-dealkylation sites (tertiary alicyclic amines) is 1. The van der Waals surface area contributed by atoms with Crippen molar-refractivity contribution in [2.45, 2.75) is 12.6 Å². The Morgan fingerprint density at radius 1 is 1.43 bits per heavy atom. The lowest BCUT2D eigenvalue weighted by Gasteiger charge is -2.37. The maximum Gasteiger partial charge on any atom is 0.123 e. The standard InChI is InChI=1S/C11H16N2O/c1-14-11-5-3-2-4-9(11)6-13-7-10(12)8-13/h2-5,10H,6-8,12H2,1H3. The molecule has 1 fully saturated rings. The predicted octanol–water partition coefficient (Wildman–Crippen LogP) is 0.838. The van der Waals surface area contributed by atoms with Crippen LogP contribution >= 0.6 is 0 Å². The van der Waals surface area contributed by atoms with Gasteiger partial charge in [0.15, 0.2) is 0 Å². The zero-order chi connectivity index (χ0) is 9.97. The maximum absolute atomic E-state index is 5.72. The molecule has 1 aromatic carbocycles. The van der Waals surface area contributed by atoms with E-state index in [-0.39, 0.29) is 0 Å². The number of hydrogen-bond donors (Lipinski definition) is 1. The molecular weight excluding hydrogens is 176 g/mol. The highest BCUT2D eigenvalue weighted by Crippen LogP contribution is 2.21. The van der Waals surface area contributed by atoms with Gasteiger partial charge in [0.05, 0.1) is 7.11 Å². The molecular formula is C11H16N2O. The van der Waals surface area contributed by atoms with Crippen LogP contribution in [-0.2, 0) is 6.54 Å². The molecule has 0 aliphatic carbocycles. The summed E-state index contributed by atoms with van der Waals surface area (Å²) in [6.07, 6.45) is 0. The molecule has 2 N–H and O–H groups in total. The summed E-state index contributed by atoms with van der Waals surface area (Å²) >= 11 is 0. The molecule has 1 saturated heterocycles. The van der Waals surface area contributed by atoms with Crippen molar-refractivity contribution in [1.29, 1.82) is 0 Å². The van der Waals surface area contributed by atoms with E-state index >= 15 is 0 Å². The normalized spacial score (nSPS) is 17.9. The number of hydrogen-bond acceptors (Lipinski definition) is 3. The average Bonchev–Trinajstić information content (AvgIpc) is 2.16. The highest BCUT2D eigenvalue weighted by atomic mass is 16.5. The first-order valence-electron chi connectivity index (χ1n) is 4.89. The number of rotatable bonds is 3. The smallest absolute Gasteiger partial charge is 0.123 e. The first kappa shape index (κ1) is 9.49. The van der Waals surface area contributed by atoms with Crippen molar-refractivity contribution in [2.75, 3.05) is 20.2 Å². The quantitative estimate of drug-likeness (QED) is 0.771. The molecule has 1 aliphatic rings. The second kappa shape index (κ2) is 3.98. The van der Waals surface area contributed by atoms with Gasteiger partial charge in [0.2, 0.25) is 0 Å². The second-order valence-corrected chi connectivity index (χ2v) is 3.77. The molecule has 1 aromatic rings. The molecule has 0 spiro atoms. The van der Waals surface area contributed by atoms with Gasteiger partial charge in [-0.15, -0.1) is 0 Å². The number of benzene rings is 1. The number of nitrogens with two attached hydrogens (primary N) is 1. The van der Waals surface area contributed by atoms with E-state index in [9.17, 15) is 0 Å². The molecule has 76 valence electrons. The van der Waals surface area contributed by atoms with E-state index in [4.69, 9.17) is 10.5 Å². The van der Waals surface area contributed by atoms with Gasteiger partial charge in [0, 0.05) is 31.2 Å². The third-order valence-electron chi connectivity index (χ3n) is 2.57. The summed E-state index contributed by atoms with van der Waals surface area (Å²) in [5, 5.41) is 0. The van der Waals surface area contributed by atoms with Crippen LogP contribution in [0.15, 0.2) is 24.3 Å². The van der Waals surface area contributed by atoms with Gasteiger partial charge in [-0.1, -0.05) is 18.2 Å². The lowest BCUT2D eigenvalue weighted by atomic mass is 10.1. The van der Waals surface area contributed by atoms with Crippen LogP contribution in [0.5, 0.6) is 5.75 Å². The Kier molecular flexibility index (Phi) is 2.70. The minimum atomic E-state index is 0.365. The number of nitrogens with zero attached hydrogens (tertiary/aromatic N) is 1. The molecule has 3 heteroatoms. The van der Waals surface area contributed by atoms with Crippen molar-refractivity contribution in [3.8, 4) is 5.75 Å². The van der Waals surface area contributed by atoms with Gasteiger partial charge < -0.3 is 10.5 Å². The number of para-hydroxylation sites is 1. The molecule has 1 aliphatic heterocycles. The zero-order valence-electron chi connectivity index (χ0n) is 8.44. The highest BCUT2D eigenvalue weighted by Gasteiger charge is 2.23. The highest BCUT2D eigenvalue weighted by molar-refractivity contribution is 5.33. The number of ether oxygens (including phenoxy) is 1. The average molecular weight is 192 g/mol. The van der Waals surface area contributed by atoms with E-state index in [1.165, 1.54) is 5.56 Å². The van der Waals surface area contributed by atoms with Gasteiger partial charge >= 0.3 is 0 Å². The van der Waals surface area contributed by atoms with Crippen LogP contribution in [0, 0.1) is 0 Å². The first-order valence-corrected chi connectivity index (χ1v) is 4.89. The molecule has 3 nitrogen and oxygen atoms in total. The lowest BCUT2D eigenvalue weighted by Crippen LogP contribution is -2.54. The fourth-order valence-corrected chi connectivity index (χ4v) is 1.81. The van der Waals surface area contributed by atoms with Crippen molar-refractivity contribution in [3.05, 3.63) is 29.8 Å². The largest absolute Gasteiger partial charge is 0.496 e. The SMILES string of the molecule is COc1ccccc1CN1CC(N)C1. The van der Waals surface area contributed by atoms with Crippen molar-refractivity contribution in [3.63, 3.8) is 0 Å². The molecule has 0 bridgehead atoms. The third-order valence-corrected chi connectivity index (χ3v) is 2.57. The van der Waals surface area contributed by atoms with Crippen LogP contribution in [0.25, 0.3) is 0 Å². The Balaban J connectivity index is 2.01. The van der Waals surface area contributed by atoms with Crippen LogP contribution in [0.1, 0.15) is 5.56 Å². The molecule has 14 heavy (non-hydrogen) atoms. The van der Waals surface area contributed by atoms with Crippen molar-refractivity contribution in [2.24, 2.45) is 5.73 Å². The van der Waals surface area contributed by atoms with Crippen LogP contribution < -0.4 is 10.5 Å². The van der Waals surface area contributed by atoms with E-state index in [0.29, 0.717) is 6.04 Å². The topological polar surface area (TPSA) is 38.5 Å². The maximum atomic E-state index is 5.72. The fourth-order valence-electron chi connectivity index (χ4n) is 1.81. The van der Waals surface area contributed by atoms with E-state index in [0.717, 1.165) is 25.4 Å². The van der Waals surface area contributed by atoms with E-state index in [2.05, 4.69) is 11.0 Å². The lowest BCUT2D eigenvalue weighted by molar-refractivity contribution is 0.141. The van der Waals surface area contributed by atoms with Gasteiger partial charge in [0.25, 0.3) is 0 Å². The minimum absolute atomic E-state index is 0.365. The fraction of sp³-hybridized carbons (Fsp3) is 0.455. The molecule has 0 amide bonds. The van der Waals surface area contributed by atoms with Crippen molar-refractivity contribution < 1.29 is 4.74 Å². The van der Waals surface area contributed by atoms with E-state index in [1.54, 1.807) is 7.11 Å². The molecule has 0 saturated carbocycles. The summed E-state index contributed by atoms with van der Waals surface area (Å²) in [6, 6.07) is 8.49. The summed E-state index contributed by atoms with van der Waals surface area (Å²) < 4.78 is 5.28. The Hall–Kier alpha value is -1.06. The zero-order valence-corrected chi connectivity index (χ0v) is 8.44. The van der Waals surface area contributed by atoms with Crippen LogP contribution in [0.4, 0.5) is 0 Å². The molecule has 0 unspecified atom stereocenters. The third kappa shape index (κ3) is 1.89. The van der Waals surface area contributed by atoms with Gasteiger partial charge in [-0.3, -0.25) is 4.90 Å². The van der Waals surface area contributed by atoms with Gasteiger partial charge in [-0.2, -0.15) is 0 Å². The van der Waals surface area contributed by atoms with E-state index in [1.807, 2.05) is 18.2 Å². The van der Waals surface area contributed by atoms with Gasteiger partial charge in [0.1, 0.15) is 5.75 Å². The molecule has 2 rings (SSSR count). The molecule has 0 radical (unpaired) electrons. The molecule has 0 aromatic heterocycles. The summed E-state index contributed by atoms with van der Waals surface area (Å²) in [4.78, 5) is 2.32. The van der Waals surface area contributed by atoms with Crippen LogP contribution in [0.2, 0.25) is 0 Å². The Labute approximate surface area is 84.5 Å². The van der Waals surface area contributed by atoms with Crippen LogP contribution in [0.3, 0.4) is 0 Å². The molecule has 1 heterocycles. The number of methoxy groups -OCH3 is 1. The summed E-state index contributed by atoms with van der Waals surface area (Å²) in [5.41, 5.74) is 6.96. The summed E-state index contributed by atoms with van der Waals surface area (Å²) in [5.74, 6) is 0.966. The Bertz CT molecular complexity index is 308. The summed E-state index contributed by atoms with van der Waals surface area (Å²) in [7, 11) is 1.71. The second-order valence-electron chi connectivity index (χ2n) is 3.77. The summed E-state index contributed by atoms with van der Waals surface area (Å²) in [6.45, 7) is 2.94. The monoisotopic (exact) mass is 192 g/mol. The first-order chi connectivity index (χ1) is 6.79. The van der Waals surface area contributed by atoms with Crippen molar-refractivity contribution in [1.82, 2.24) is 4.90 Å². The van der Waals surface area contributed by atoms with Gasteiger partial charge in [-0.05, 0) is 6.07 Å². The van der Waals surface area contributed by atoms with Gasteiger partial charge in [-0.25, -0.2) is 0 Å². The molecule has 0 atom stereocenters. The minimum Gasteiger partial charge on any atom is -0.496 e. The predicted molar refractivity (Wildman–Crippen MR) is 56.2 cm³/mol.